The number of hydrogen-bond donors (Lipinski definition) is 3. The Hall–Kier alpha value is -0.810. The van der Waals surface area contributed by atoms with Crippen LogP contribution in [0.25, 0.3) is 0 Å². The Morgan fingerprint density at radius 3 is 2.00 bits per heavy atom. The summed E-state index contributed by atoms with van der Waals surface area (Å²) in [6.07, 6.45) is 0. The van der Waals surface area contributed by atoms with Gasteiger partial charge >= 0.3 is 5.97 Å². The molecule has 0 heterocycles. The lowest BCUT2D eigenvalue weighted by Gasteiger charge is -2.21. The van der Waals surface area contributed by atoms with Gasteiger partial charge in [0.2, 0.25) is 5.91 Å². The van der Waals surface area contributed by atoms with E-state index in [2.05, 4.69) is 11.0 Å². The highest BCUT2D eigenvalue weighted by atomic mass is 35.5. The molecule has 0 bridgehead atoms. The second-order valence-corrected chi connectivity index (χ2v) is 4.29. The summed E-state index contributed by atoms with van der Waals surface area (Å²) in [4.78, 5) is 22.6. The number of carbonyl (C=O) groups excluding carboxylic acids is 1. The summed E-state index contributed by atoms with van der Waals surface area (Å²) in [6.45, 7) is 7.02. The number of carboxylic acid groups (broad SMARTS) is 1. The molecule has 0 fully saturated rings. The second kappa shape index (κ2) is 7.46. The van der Waals surface area contributed by atoms with E-state index in [9.17, 15) is 9.59 Å². The summed E-state index contributed by atoms with van der Waals surface area (Å²) in [5.41, 5.74) is 2.13. The van der Waals surface area contributed by atoms with E-state index in [1.54, 1.807) is 27.7 Å². The van der Waals surface area contributed by atoms with Crippen molar-refractivity contribution in [2.75, 3.05) is 0 Å². The quantitative estimate of drug-likeness (QED) is 0.647. The number of hydrogen-bond acceptors (Lipinski definition) is 3. The van der Waals surface area contributed by atoms with Crippen LogP contribution in [0.5, 0.6) is 0 Å². The maximum atomic E-state index is 11.7. The third kappa shape index (κ3) is 5.32. The van der Waals surface area contributed by atoms with Crippen molar-refractivity contribution >= 4 is 24.3 Å². The molecule has 2 atom stereocenters. The Balaban J connectivity index is 0. The molecule has 16 heavy (non-hydrogen) atoms. The average Bonchev–Trinajstić information content (AvgIpc) is 2.13. The van der Waals surface area contributed by atoms with Gasteiger partial charge in [0.25, 0.3) is 0 Å². The first kappa shape index (κ1) is 15.2. The molecule has 0 unspecified atom stereocenters. The number of carboxylic acids is 1. The largest absolute Gasteiger partial charge is 0.480 e. The van der Waals surface area contributed by atoms with Gasteiger partial charge in [0.15, 0.2) is 0 Å². The van der Waals surface area contributed by atoms with Gasteiger partial charge in [0.1, 0.15) is 7.45 Å². The van der Waals surface area contributed by atoms with Crippen molar-refractivity contribution in [3.8, 4) is 0 Å². The zero-order valence-electron chi connectivity index (χ0n) is 11.0. The van der Waals surface area contributed by atoms with Gasteiger partial charge in [-0.2, -0.15) is 0 Å². The second-order valence-electron chi connectivity index (χ2n) is 4.29. The number of nitrogens with one attached hydrogen (secondary N) is 1. The molecule has 0 saturated heterocycles. The standard InChI is InChI=1S/C10H20N2O3.ClH/c1-5(2)7(11)9(13)12-8(6(3)4)10(14)15;/h5-8H,11H2,1-4H3,(H,12,13)(H,14,15);1H/t7-,8-;/m0./s1/i/hD. The first-order valence-electron chi connectivity index (χ1n) is 5.51. The van der Waals surface area contributed by atoms with Crippen LogP contribution < -0.4 is 11.0 Å². The van der Waals surface area contributed by atoms with Crippen LogP contribution in [-0.4, -0.2) is 29.1 Å². The van der Waals surface area contributed by atoms with E-state index < -0.39 is 24.0 Å². The van der Waals surface area contributed by atoms with Crippen LogP contribution in [0, 0.1) is 11.8 Å². The molecule has 0 aliphatic rings. The number of amides is 1. The molecular weight excluding hydrogens is 232 g/mol. The molecule has 6 heteroatoms. The van der Waals surface area contributed by atoms with E-state index in [1.807, 2.05) is 0 Å². The molecule has 0 aliphatic carbocycles. The first-order valence-corrected chi connectivity index (χ1v) is 5.01. The molecule has 1 amide bonds. The Morgan fingerprint density at radius 1 is 1.25 bits per heavy atom. The lowest BCUT2D eigenvalue weighted by atomic mass is 10.0. The lowest BCUT2D eigenvalue weighted by molar-refractivity contribution is -0.143. The van der Waals surface area contributed by atoms with Crippen molar-refractivity contribution in [1.82, 2.24) is 5.32 Å². The fourth-order valence-electron chi connectivity index (χ4n) is 1.06. The van der Waals surface area contributed by atoms with Gasteiger partial charge in [-0.25, -0.2) is 4.79 Å². The van der Waals surface area contributed by atoms with Gasteiger partial charge in [-0.15, -0.1) is 12.4 Å². The van der Waals surface area contributed by atoms with E-state index in [0.29, 0.717) is 0 Å². The van der Waals surface area contributed by atoms with E-state index in [0.717, 1.165) is 0 Å². The zero-order chi connectivity index (χ0) is 12.9. The molecule has 0 saturated carbocycles. The monoisotopic (exact) mass is 253 g/mol. The molecule has 0 spiro atoms. The normalized spacial score (nSPS) is 15.0. The number of aliphatic carboxylic acids is 1. The zero-order valence-corrected chi connectivity index (χ0v) is 10.8. The van der Waals surface area contributed by atoms with Crippen LogP contribution in [0.3, 0.4) is 0 Å². The minimum Gasteiger partial charge on any atom is -0.480 e. The summed E-state index contributed by atoms with van der Waals surface area (Å²) < 4.78 is 7.02. The minimum atomic E-state index is -1.06. The summed E-state index contributed by atoms with van der Waals surface area (Å²) in [5, 5.41) is 11.3. The van der Waals surface area contributed by atoms with E-state index in [-0.39, 0.29) is 24.2 Å². The van der Waals surface area contributed by atoms with Crippen LogP contribution in [0.4, 0.5) is 0 Å². The van der Waals surface area contributed by atoms with Gasteiger partial charge < -0.3 is 16.2 Å². The molecule has 0 radical (unpaired) electrons. The van der Waals surface area contributed by atoms with E-state index in [1.165, 1.54) is 0 Å². The fraction of sp³-hybridized carbons (Fsp3) is 0.800. The minimum absolute atomic E-state index is 0. The number of halogens is 1. The van der Waals surface area contributed by atoms with Crippen LogP contribution in [0.1, 0.15) is 27.7 Å². The summed E-state index contributed by atoms with van der Waals surface area (Å²) in [6, 6.07) is -1.61. The summed E-state index contributed by atoms with van der Waals surface area (Å²) in [5.74, 6) is -1.78. The summed E-state index contributed by atoms with van der Waals surface area (Å²) in [7, 11) is 0. The molecule has 96 valence electrons. The third-order valence-electron chi connectivity index (χ3n) is 2.18. The predicted molar refractivity (Wildman–Crippen MR) is 64.5 cm³/mol. The van der Waals surface area contributed by atoms with Gasteiger partial charge in [-0.1, -0.05) is 27.7 Å². The topological polar surface area (TPSA) is 92.4 Å². The Bertz CT molecular complexity index is 262. The predicted octanol–water partition coefficient (Wildman–Crippen LogP) is 0.617. The van der Waals surface area contributed by atoms with Crippen molar-refractivity contribution in [3.05, 3.63) is 0 Å². The van der Waals surface area contributed by atoms with Crippen molar-refractivity contribution in [2.24, 2.45) is 17.6 Å². The summed E-state index contributed by atoms with van der Waals surface area (Å²) >= 11 is 0. The van der Waals surface area contributed by atoms with Gasteiger partial charge in [-0.05, 0) is 11.8 Å². The number of rotatable bonds is 6. The third-order valence-corrected chi connectivity index (χ3v) is 2.18. The molecule has 0 aliphatic heterocycles. The molecule has 0 aromatic carbocycles. The van der Waals surface area contributed by atoms with Crippen molar-refractivity contribution < 1.29 is 16.1 Å². The molecule has 0 rings (SSSR count). The van der Waals surface area contributed by atoms with Crippen LogP contribution in [-0.2, 0) is 9.59 Å². The average molecular weight is 254 g/mol. The van der Waals surface area contributed by atoms with Gasteiger partial charge in [0, 0.05) is 0 Å². The van der Waals surface area contributed by atoms with E-state index >= 15 is 0 Å². The number of carbonyl (C=O) groups is 2. The molecular formula is C10H21ClN2O3. The fourth-order valence-corrected chi connectivity index (χ4v) is 1.06. The van der Waals surface area contributed by atoms with Crippen LogP contribution in [0.2, 0.25) is 1.41 Å². The highest BCUT2D eigenvalue weighted by molar-refractivity contribution is 5.87. The van der Waals surface area contributed by atoms with Gasteiger partial charge in [-0.3, -0.25) is 4.79 Å². The van der Waals surface area contributed by atoms with Crippen LogP contribution in [0.15, 0.2) is 0 Å². The van der Waals surface area contributed by atoms with Crippen molar-refractivity contribution in [3.63, 3.8) is 0 Å². The smallest absolute Gasteiger partial charge is 0.326 e. The SMILES string of the molecule is Cl.[2H]N[C@H](C(=O)N[C@H](C(=O)O)C(C)C)C(C)C. The van der Waals surface area contributed by atoms with Crippen molar-refractivity contribution in [2.45, 2.75) is 39.8 Å². The highest BCUT2D eigenvalue weighted by Crippen LogP contribution is 2.04. The molecule has 0 aromatic rings. The molecule has 4 N–H and O–H groups in total. The highest BCUT2D eigenvalue weighted by Gasteiger charge is 2.26. The maximum Gasteiger partial charge on any atom is 0.326 e. The van der Waals surface area contributed by atoms with Gasteiger partial charge in [0.05, 0.1) is 6.04 Å². The van der Waals surface area contributed by atoms with Crippen LogP contribution >= 0.6 is 12.4 Å². The van der Waals surface area contributed by atoms with E-state index in [4.69, 9.17) is 6.52 Å². The molecule has 5 nitrogen and oxygen atoms in total. The number of nitrogens with two attached hydrogens (primary N) is 1. The Kier molecular flexibility index (Phi) is 7.08. The first-order chi connectivity index (χ1) is 7.31. The lowest BCUT2D eigenvalue weighted by Crippen LogP contribution is -2.52. The Morgan fingerprint density at radius 2 is 1.75 bits per heavy atom. The van der Waals surface area contributed by atoms with Crippen molar-refractivity contribution in [1.29, 1.82) is 0 Å². The maximum absolute atomic E-state index is 11.7. The Labute approximate surface area is 104 Å². The molecule has 0 aromatic heterocycles.